The van der Waals surface area contributed by atoms with Gasteiger partial charge in [-0.2, -0.15) is 0 Å². The average molecular weight is 209 g/mol. The van der Waals surface area contributed by atoms with Crippen molar-refractivity contribution < 1.29 is 14.6 Å². The number of benzene rings is 1. The molecule has 1 aromatic rings. The molecule has 1 heterocycles. The third-order valence-electron chi connectivity index (χ3n) is 1.95. The first-order valence-corrected chi connectivity index (χ1v) is 4.37. The average Bonchev–Trinajstić information content (AvgIpc) is 2.16. The number of fused-ring (bicyclic) bond motifs is 1. The van der Waals surface area contributed by atoms with Crippen LogP contribution in [-0.2, 0) is 11.3 Å². The molecule has 0 aromatic heterocycles. The molecule has 1 aromatic carbocycles. The molecule has 0 spiro atoms. The fourth-order valence-electron chi connectivity index (χ4n) is 1.26. The molecule has 0 bridgehead atoms. The number of rotatable bonds is 1. The van der Waals surface area contributed by atoms with Gasteiger partial charge in [-0.15, -0.1) is 0 Å². The second kappa shape index (κ2) is 3.26. The minimum atomic E-state index is -0.944. The van der Waals surface area contributed by atoms with Crippen molar-refractivity contribution in [1.29, 1.82) is 0 Å². The maximum Gasteiger partial charge on any atom is 0.335 e. The summed E-state index contributed by atoms with van der Waals surface area (Å²) in [5.41, 5.74) is 1.87. The third-order valence-corrected chi connectivity index (χ3v) is 2.17. The minimum Gasteiger partial charge on any atom is -0.478 e. The van der Waals surface area contributed by atoms with Crippen LogP contribution in [0.25, 0.3) is 0 Å². The van der Waals surface area contributed by atoms with Crippen LogP contribution < -0.4 is 5.32 Å². The van der Waals surface area contributed by atoms with Crippen molar-refractivity contribution in [2.45, 2.75) is 6.61 Å². The summed E-state index contributed by atoms with van der Waals surface area (Å²) in [4.78, 5) is 10.7. The number of hydrogen-bond acceptors (Lipinski definition) is 3. The van der Waals surface area contributed by atoms with E-state index in [4.69, 9.17) is 22.1 Å². The lowest BCUT2D eigenvalue weighted by Gasteiger charge is -2.19. The van der Waals surface area contributed by atoms with Crippen LogP contribution in [0.2, 0.25) is 0 Å². The first-order chi connectivity index (χ1) is 6.66. The second-order valence-corrected chi connectivity index (χ2v) is 3.25. The Labute approximate surface area is 85.5 Å². The first-order valence-electron chi connectivity index (χ1n) is 3.97. The van der Waals surface area contributed by atoms with E-state index in [0.29, 0.717) is 11.8 Å². The molecule has 0 fully saturated rings. The van der Waals surface area contributed by atoms with Crippen LogP contribution in [0.5, 0.6) is 0 Å². The molecule has 4 nitrogen and oxygen atoms in total. The van der Waals surface area contributed by atoms with Crippen LogP contribution in [0.4, 0.5) is 5.69 Å². The van der Waals surface area contributed by atoms with Gasteiger partial charge in [0.1, 0.15) is 6.61 Å². The summed E-state index contributed by atoms with van der Waals surface area (Å²) in [6.07, 6.45) is 0. The molecule has 72 valence electrons. The number of ether oxygens (including phenoxy) is 1. The highest BCUT2D eigenvalue weighted by Gasteiger charge is 2.14. The zero-order chi connectivity index (χ0) is 10.1. The monoisotopic (exact) mass is 209 g/mol. The van der Waals surface area contributed by atoms with E-state index >= 15 is 0 Å². The molecule has 0 aliphatic carbocycles. The molecule has 0 atom stereocenters. The quantitative estimate of drug-likeness (QED) is 0.688. The van der Waals surface area contributed by atoms with E-state index in [1.807, 2.05) is 0 Å². The van der Waals surface area contributed by atoms with E-state index in [1.165, 1.54) is 6.07 Å². The Hall–Kier alpha value is -1.62. The summed E-state index contributed by atoms with van der Waals surface area (Å²) in [5.74, 6) is -0.944. The van der Waals surface area contributed by atoms with Crippen molar-refractivity contribution in [3.63, 3.8) is 0 Å². The van der Waals surface area contributed by atoms with Gasteiger partial charge in [0.05, 0.1) is 5.56 Å². The maximum absolute atomic E-state index is 10.7. The van der Waals surface area contributed by atoms with Crippen molar-refractivity contribution in [2.24, 2.45) is 0 Å². The zero-order valence-electron chi connectivity index (χ0n) is 7.11. The standard InChI is InChI=1S/C9H7NO3S/c11-8(12)5-1-2-7-6(3-5)4-13-9(14)10-7/h1-3H,4H2,(H,10,14)(H,11,12). The maximum atomic E-state index is 10.7. The normalized spacial score (nSPS) is 13.9. The van der Waals surface area contributed by atoms with Gasteiger partial charge in [0.25, 0.3) is 5.17 Å². The largest absolute Gasteiger partial charge is 0.478 e. The van der Waals surface area contributed by atoms with E-state index in [1.54, 1.807) is 12.1 Å². The molecule has 0 saturated carbocycles. The summed E-state index contributed by atoms with van der Waals surface area (Å²) in [6.45, 7) is 0.322. The van der Waals surface area contributed by atoms with Crippen molar-refractivity contribution in [3.8, 4) is 0 Å². The predicted octanol–water partition coefficient (Wildman–Crippen LogP) is 1.61. The molecule has 2 N–H and O–H groups in total. The highest BCUT2D eigenvalue weighted by Crippen LogP contribution is 2.22. The molecule has 14 heavy (non-hydrogen) atoms. The van der Waals surface area contributed by atoms with E-state index in [-0.39, 0.29) is 5.56 Å². The van der Waals surface area contributed by atoms with Crippen LogP contribution in [0, 0.1) is 0 Å². The molecule has 5 heteroatoms. The summed E-state index contributed by atoms with van der Waals surface area (Å²) < 4.78 is 5.07. The molecule has 1 aliphatic rings. The fourth-order valence-corrected chi connectivity index (χ4v) is 1.43. The number of anilines is 1. The Balaban J connectivity index is 2.41. The Morgan fingerprint density at radius 1 is 1.57 bits per heavy atom. The molecule has 2 rings (SSSR count). The molecular formula is C9H7NO3S. The molecule has 0 unspecified atom stereocenters. The fraction of sp³-hybridized carbons (Fsp3) is 0.111. The van der Waals surface area contributed by atoms with Gasteiger partial charge in [-0.3, -0.25) is 0 Å². The highest BCUT2D eigenvalue weighted by atomic mass is 32.1. The van der Waals surface area contributed by atoms with Gasteiger partial charge in [0.2, 0.25) is 0 Å². The molecule has 1 aliphatic heterocycles. The van der Waals surface area contributed by atoms with Crippen LogP contribution in [-0.4, -0.2) is 16.3 Å². The third kappa shape index (κ3) is 1.54. The van der Waals surface area contributed by atoms with Crippen molar-refractivity contribution in [3.05, 3.63) is 29.3 Å². The highest BCUT2D eigenvalue weighted by molar-refractivity contribution is 7.80. The van der Waals surface area contributed by atoms with Gasteiger partial charge in [-0.1, -0.05) is 0 Å². The van der Waals surface area contributed by atoms with Gasteiger partial charge in [-0.05, 0) is 30.4 Å². The lowest BCUT2D eigenvalue weighted by atomic mass is 10.1. The van der Waals surface area contributed by atoms with E-state index in [9.17, 15) is 4.79 Å². The number of carboxylic acids is 1. The number of hydrogen-bond donors (Lipinski definition) is 2. The van der Waals surface area contributed by atoms with Gasteiger partial charge in [0, 0.05) is 11.3 Å². The Morgan fingerprint density at radius 3 is 3.07 bits per heavy atom. The molecule has 0 amide bonds. The van der Waals surface area contributed by atoms with Crippen LogP contribution in [0.3, 0.4) is 0 Å². The molecule has 0 saturated heterocycles. The molecule has 0 radical (unpaired) electrons. The summed E-state index contributed by atoms with van der Waals surface area (Å²) in [5, 5.41) is 11.9. The predicted molar refractivity (Wildman–Crippen MR) is 54.4 cm³/mol. The van der Waals surface area contributed by atoms with Gasteiger partial charge >= 0.3 is 5.97 Å². The van der Waals surface area contributed by atoms with Crippen LogP contribution in [0.1, 0.15) is 15.9 Å². The van der Waals surface area contributed by atoms with E-state index < -0.39 is 5.97 Å². The van der Waals surface area contributed by atoms with Crippen molar-refractivity contribution in [2.75, 3.05) is 5.32 Å². The SMILES string of the molecule is O=C(O)c1ccc2c(c1)COC(=S)N2. The van der Waals surface area contributed by atoms with E-state index in [0.717, 1.165) is 11.3 Å². The van der Waals surface area contributed by atoms with Crippen molar-refractivity contribution in [1.82, 2.24) is 0 Å². The van der Waals surface area contributed by atoms with Gasteiger partial charge < -0.3 is 15.2 Å². The van der Waals surface area contributed by atoms with Crippen molar-refractivity contribution >= 4 is 29.0 Å². The van der Waals surface area contributed by atoms with Gasteiger partial charge in [-0.25, -0.2) is 4.79 Å². The zero-order valence-corrected chi connectivity index (χ0v) is 7.93. The number of nitrogens with one attached hydrogen (secondary N) is 1. The second-order valence-electron chi connectivity index (χ2n) is 2.88. The topological polar surface area (TPSA) is 58.6 Å². The number of carbonyl (C=O) groups is 1. The number of carboxylic acid groups (broad SMARTS) is 1. The lowest BCUT2D eigenvalue weighted by molar-refractivity contribution is 0.0696. The van der Waals surface area contributed by atoms with Gasteiger partial charge in [0.15, 0.2) is 0 Å². The lowest BCUT2D eigenvalue weighted by Crippen LogP contribution is -2.20. The summed E-state index contributed by atoms with van der Waals surface area (Å²) in [7, 11) is 0. The van der Waals surface area contributed by atoms with E-state index in [2.05, 4.69) is 5.32 Å². The Kier molecular flexibility index (Phi) is 2.09. The Bertz CT molecular complexity index is 417. The number of aromatic carboxylic acids is 1. The molecular weight excluding hydrogens is 202 g/mol. The smallest absolute Gasteiger partial charge is 0.335 e. The minimum absolute atomic E-state index is 0.252. The van der Waals surface area contributed by atoms with Crippen LogP contribution >= 0.6 is 12.2 Å². The first kappa shape index (κ1) is 8.96. The summed E-state index contributed by atoms with van der Waals surface area (Å²) >= 11 is 4.82. The number of thiocarbonyl (C=S) groups is 1. The Morgan fingerprint density at radius 2 is 2.36 bits per heavy atom. The summed E-state index contributed by atoms with van der Waals surface area (Å²) in [6, 6.07) is 4.79. The van der Waals surface area contributed by atoms with Crippen LogP contribution in [0.15, 0.2) is 18.2 Å².